The Morgan fingerprint density at radius 3 is 2.39 bits per heavy atom. The third-order valence-electron chi connectivity index (χ3n) is 2.18. The van der Waals surface area contributed by atoms with Crippen molar-refractivity contribution in [1.82, 2.24) is 0 Å². The van der Waals surface area contributed by atoms with Crippen molar-refractivity contribution in [2.24, 2.45) is 4.99 Å². The van der Waals surface area contributed by atoms with Gasteiger partial charge in [-0.25, -0.2) is 0 Å². The summed E-state index contributed by atoms with van der Waals surface area (Å²) < 4.78 is 1.06. The van der Waals surface area contributed by atoms with Crippen LogP contribution in [0.5, 0.6) is 0 Å². The molecule has 0 heterocycles. The van der Waals surface area contributed by atoms with Crippen LogP contribution in [-0.4, -0.2) is 0 Å². The van der Waals surface area contributed by atoms with E-state index in [1.807, 2.05) is 42.5 Å². The summed E-state index contributed by atoms with van der Waals surface area (Å²) in [4.78, 5) is 4.55. The summed E-state index contributed by atoms with van der Waals surface area (Å²) in [6, 6.07) is 16.0. The average Bonchev–Trinajstić information content (AvgIpc) is 2.37. The first-order valence-corrected chi connectivity index (χ1v) is 9.83. The van der Waals surface area contributed by atoms with Gasteiger partial charge in [-0.05, 0) is 17.5 Å². The second kappa shape index (κ2) is 8.96. The van der Waals surface area contributed by atoms with Crippen molar-refractivity contribution in [1.29, 1.82) is 0 Å². The van der Waals surface area contributed by atoms with Gasteiger partial charge < -0.3 is 0 Å². The maximum atomic E-state index is 4.81. The van der Waals surface area contributed by atoms with Crippen molar-refractivity contribution in [3.8, 4) is 0 Å². The topological polar surface area (TPSA) is 12.4 Å². The standard InChI is InChI=1S/C13H11BrN.2ClH.Pd/c1-10-6-5-9-12(13(10)14)15-11-7-3-2-4-8-11;;;/h2-9H,1H3;2*1H;/q-1;;;+2/p-2. The van der Waals surface area contributed by atoms with Crippen molar-refractivity contribution < 1.29 is 15.9 Å². The zero-order valence-corrected chi connectivity index (χ0v) is 14.2. The minimum absolute atomic E-state index is 0.106. The van der Waals surface area contributed by atoms with E-state index in [1.165, 1.54) is 5.56 Å². The molecule has 2 rings (SSSR count). The SMILES string of the molecule is Cc1cc[cH-]c(=Nc2ccccc2)c1Br.[Cl][Pd][Cl]. The molecule has 0 radical (unpaired) electrons. The van der Waals surface area contributed by atoms with E-state index in [4.69, 9.17) is 19.1 Å². The molecule has 1 nitrogen and oxygen atoms in total. The molecule has 0 aliphatic heterocycles. The fourth-order valence-corrected chi connectivity index (χ4v) is 1.71. The molecule has 0 unspecified atom stereocenters. The van der Waals surface area contributed by atoms with E-state index >= 15 is 0 Å². The zero-order valence-electron chi connectivity index (χ0n) is 9.52. The predicted molar refractivity (Wildman–Crippen MR) is 77.8 cm³/mol. The van der Waals surface area contributed by atoms with Crippen molar-refractivity contribution in [3.63, 3.8) is 0 Å². The average molecular weight is 438 g/mol. The quantitative estimate of drug-likeness (QED) is 0.435. The fourth-order valence-electron chi connectivity index (χ4n) is 1.36. The number of benzene rings is 2. The summed E-state index contributed by atoms with van der Waals surface area (Å²) in [5, 5.41) is 0.973. The third-order valence-corrected chi connectivity index (χ3v) is 3.21. The Kier molecular flexibility index (Phi) is 7.97. The van der Waals surface area contributed by atoms with E-state index < -0.39 is 0 Å². The molecule has 0 aromatic heterocycles. The van der Waals surface area contributed by atoms with Crippen LogP contribution in [0.1, 0.15) is 5.56 Å². The Morgan fingerprint density at radius 1 is 1.17 bits per heavy atom. The van der Waals surface area contributed by atoms with Crippen LogP contribution in [0.3, 0.4) is 0 Å². The van der Waals surface area contributed by atoms with Crippen LogP contribution in [0.4, 0.5) is 5.69 Å². The Bertz CT molecular complexity index is 540. The van der Waals surface area contributed by atoms with Gasteiger partial charge in [-0.2, -0.15) is 12.1 Å². The molecule has 100 valence electrons. The number of hydrogen-bond acceptors (Lipinski definition) is 1. The number of nitrogens with zero attached hydrogens (tertiary/aromatic N) is 1. The summed E-state index contributed by atoms with van der Waals surface area (Å²) in [5.74, 6) is 0. The molecule has 0 amide bonds. The van der Waals surface area contributed by atoms with Crippen molar-refractivity contribution in [2.75, 3.05) is 0 Å². The number of hydrogen-bond donors (Lipinski definition) is 0. The monoisotopic (exact) mass is 436 g/mol. The summed E-state index contributed by atoms with van der Waals surface area (Å²) >= 11 is 3.44. The molecular weight excluding hydrogens is 427 g/mol. The number of halogens is 3. The molecule has 0 bridgehead atoms. The first kappa shape index (κ1) is 16.0. The predicted octanol–water partition coefficient (Wildman–Crippen LogP) is 5.09. The molecule has 0 aliphatic rings. The third kappa shape index (κ3) is 5.30. The Labute approximate surface area is 131 Å². The van der Waals surface area contributed by atoms with Gasteiger partial charge in [-0.1, -0.05) is 29.6 Å². The van der Waals surface area contributed by atoms with Crippen LogP contribution in [0.15, 0.2) is 58.0 Å². The van der Waals surface area contributed by atoms with Crippen molar-refractivity contribution in [3.05, 3.63) is 63.9 Å². The first-order valence-electron chi connectivity index (χ1n) is 5.03. The van der Waals surface area contributed by atoms with Gasteiger partial charge >= 0.3 is 35.0 Å². The van der Waals surface area contributed by atoms with Crippen LogP contribution < -0.4 is 5.36 Å². The van der Waals surface area contributed by atoms with Gasteiger partial charge in [0, 0.05) is 0 Å². The van der Waals surface area contributed by atoms with E-state index in [0.29, 0.717) is 0 Å². The van der Waals surface area contributed by atoms with E-state index in [2.05, 4.69) is 33.9 Å². The molecule has 0 fully saturated rings. The molecular formula is C13H11BrCl2NPd-. The molecule has 0 spiro atoms. The fraction of sp³-hybridized carbons (Fsp3) is 0.0769. The molecule has 0 aliphatic carbocycles. The van der Waals surface area contributed by atoms with Crippen LogP contribution in [-0.2, 0) is 15.9 Å². The molecule has 18 heavy (non-hydrogen) atoms. The second-order valence-corrected chi connectivity index (χ2v) is 6.55. The summed E-state index contributed by atoms with van der Waals surface area (Å²) in [6.45, 7) is 2.06. The summed E-state index contributed by atoms with van der Waals surface area (Å²) in [5.41, 5.74) is 2.18. The molecule has 2 aromatic carbocycles. The van der Waals surface area contributed by atoms with Gasteiger partial charge in [0.1, 0.15) is 0 Å². The van der Waals surface area contributed by atoms with E-state index in [9.17, 15) is 0 Å². The molecule has 5 heteroatoms. The number of aryl methyl sites for hydroxylation is 1. The zero-order chi connectivity index (χ0) is 13.4. The van der Waals surface area contributed by atoms with Gasteiger partial charge in [0.15, 0.2) is 0 Å². The van der Waals surface area contributed by atoms with Crippen LogP contribution in [0.25, 0.3) is 0 Å². The van der Waals surface area contributed by atoms with Gasteiger partial charge in [0.05, 0.1) is 5.69 Å². The molecule has 0 N–H and O–H groups in total. The van der Waals surface area contributed by atoms with Crippen molar-refractivity contribution >= 4 is 40.7 Å². The van der Waals surface area contributed by atoms with E-state index in [0.717, 1.165) is 15.5 Å². The Morgan fingerprint density at radius 2 is 1.78 bits per heavy atom. The molecule has 0 saturated carbocycles. The maximum absolute atomic E-state index is 4.81. The molecule has 2 aromatic rings. The van der Waals surface area contributed by atoms with Crippen LogP contribution >= 0.6 is 35.0 Å². The molecule has 0 saturated heterocycles. The number of para-hydroxylation sites is 1. The molecule has 0 atom stereocenters. The Hall–Kier alpha value is -0.0377. The van der Waals surface area contributed by atoms with E-state index in [-0.39, 0.29) is 15.9 Å². The number of rotatable bonds is 1. The van der Waals surface area contributed by atoms with Crippen molar-refractivity contribution in [2.45, 2.75) is 6.92 Å². The first-order chi connectivity index (χ1) is 8.69. The second-order valence-electron chi connectivity index (χ2n) is 3.40. The normalized spacial score (nSPS) is 11.0. The summed E-state index contributed by atoms with van der Waals surface area (Å²) in [7, 11) is 9.63. The van der Waals surface area contributed by atoms with Gasteiger partial charge in [-0.3, -0.25) is 4.99 Å². The van der Waals surface area contributed by atoms with Crippen LogP contribution in [0.2, 0.25) is 0 Å². The van der Waals surface area contributed by atoms with E-state index in [1.54, 1.807) is 0 Å². The van der Waals surface area contributed by atoms with Gasteiger partial charge in [0.2, 0.25) is 0 Å². The van der Waals surface area contributed by atoms with Gasteiger partial charge in [0.25, 0.3) is 0 Å². The summed E-state index contributed by atoms with van der Waals surface area (Å²) in [6.07, 6.45) is 0. The van der Waals surface area contributed by atoms with Crippen LogP contribution in [0, 0.1) is 6.92 Å². The minimum atomic E-state index is -0.106. The van der Waals surface area contributed by atoms with Gasteiger partial charge in [-0.15, -0.1) is 27.6 Å². The Balaban J connectivity index is 0.000000492.